The highest BCUT2D eigenvalue weighted by Gasteiger charge is 2.17. The molecule has 0 aromatic carbocycles. The lowest BCUT2D eigenvalue weighted by atomic mass is 10.2. The van der Waals surface area contributed by atoms with E-state index in [0.29, 0.717) is 18.3 Å². The number of anilines is 1. The summed E-state index contributed by atoms with van der Waals surface area (Å²) in [7, 11) is 1.69. The van der Waals surface area contributed by atoms with Crippen LogP contribution in [0.3, 0.4) is 0 Å². The van der Waals surface area contributed by atoms with Gasteiger partial charge in [-0.25, -0.2) is 4.79 Å². The van der Waals surface area contributed by atoms with Crippen LogP contribution in [-0.4, -0.2) is 33.2 Å². The van der Waals surface area contributed by atoms with Crippen molar-refractivity contribution >= 4 is 12.0 Å². The summed E-state index contributed by atoms with van der Waals surface area (Å²) < 4.78 is 10.1. The van der Waals surface area contributed by atoms with E-state index in [9.17, 15) is 4.79 Å². The zero-order chi connectivity index (χ0) is 14.0. The first-order valence-corrected chi connectivity index (χ1v) is 5.69. The molecule has 2 aromatic rings. The van der Waals surface area contributed by atoms with Crippen molar-refractivity contribution in [2.24, 2.45) is 0 Å². The Morgan fingerprint density at radius 1 is 1.47 bits per heavy atom. The van der Waals surface area contributed by atoms with Gasteiger partial charge in [0.15, 0.2) is 11.5 Å². The molecule has 0 bridgehead atoms. The number of nitrogens with zero attached hydrogens (tertiary/aromatic N) is 4. The van der Waals surface area contributed by atoms with Crippen molar-refractivity contribution in [2.75, 3.05) is 11.9 Å². The van der Waals surface area contributed by atoms with Gasteiger partial charge in [-0.15, -0.1) is 0 Å². The van der Waals surface area contributed by atoms with Crippen LogP contribution in [0.5, 0.6) is 0 Å². The minimum Gasteiger partial charge on any atom is -0.476 e. The van der Waals surface area contributed by atoms with Crippen molar-refractivity contribution in [3.8, 4) is 0 Å². The summed E-state index contributed by atoms with van der Waals surface area (Å²) in [6.07, 6.45) is 1.08. The van der Waals surface area contributed by atoms with E-state index in [4.69, 9.17) is 14.0 Å². The molecule has 8 heteroatoms. The lowest BCUT2D eigenvalue weighted by molar-refractivity contribution is 0.0690. The van der Waals surface area contributed by atoms with Gasteiger partial charge in [0.25, 0.3) is 6.01 Å². The molecule has 0 aliphatic carbocycles. The standard InChI is InChI=1S/C11H14N4O4/c1-6(2)9-13-8(19-14-9)4-15(3)11-12-7(5-18-11)10(16)17/h5-6H,4H2,1-3H3,(H,16,17). The Hall–Kier alpha value is -2.38. The summed E-state index contributed by atoms with van der Waals surface area (Å²) in [5, 5.41) is 12.6. The Bertz CT molecular complexity index is 575. The molecule has 0 spiro atoms. The number of hydrogen-bond acceptors (Lipinski definition) is 7. The minimum atomic E-state index is -1.14. The van der Waals surface area contributed by atoms with E-state index < -0.39 is 5.97 Å². The van der Waals surface area contributed by atoms with E-state index in [1.54, 1.807) is 11.9 Å². The molecular formula is C11H14N4O4. The SMILES string of the molecule is CC(C)c1noc(CN(C)c2nc(C(=O)O)co2)n1. The first-order valence-electron chi connectivity index (χ1n) is 5.69. The van der Waals surface area contributed by atoms with Gasteiger partial charge in [-0.3, -0.25) is 0 Å². The van der Waals surface area contributed by atoms with Gasteiger partial charge >= 0.3 is 5.97 Å². The van der Waals surface area contributed by atoms with Crippen LogP contribution >= 0.6 is 0 Å². The minimum absolute atomic E-state index is 0.143. The predicted octanol–water partition coefficient (Wildman–Crippen LogP) is 1.52. The Kier molecular flexibility index (Phi) is 3.50. The number of carboxylic acid groups (broad SMARTS) is 1. The van der Waals surface area contributed by atoms with Crippen LogP contribution < -0.4 is 4.90 Å². The van der Waals surface area contributed by atoms with Gasteiger partial charge in [-0.2, -0.15) is 9.97 Å². The summed E-state index contributed by atoms with van der Waals surface area (Å²) in [5.74, 6) is 0.0924. The van der Waals surface area contributed by atoms with Crippen molar-refractivity contribution in [1.82, 2.24) is 15.1 Å². The van der Waals surface area contributed by atoms with Crippen molar-refractivity contribution < 1.29 is 18.8 Å². The third-order valence-electron chi connectivity index (χ3n) is 2.41. The van der Waals surface area contributed by atoms with Gasteiger partial charge in [0.2, 0.25) is 5.89 Å². The highest BCUT2D eigenvalue weighted by Crippen LogP contribution is 2.16. The molecule has 2 heterocycles. The van der Waals surface area contributed by atoms with Crippen molar-refractivity contribution in [2.45, 2.75) is 26.3 Å². The molecule has 2 rings (SSSR count). The lowest BCUT2D eigenvalue weighted by Crippen LogP contribution is -2.17. The molecule has 0 unspecified atom stereocenters. The summed E-state index contributed by atoms with van der Waals surface area (Å²) in [5.41, 5.74) is -0.143. The van der Waals surface area contributed by atoms with Crippen LogP contribution in [-0.2, 0) is 6.54 Å². The largest absolute Gasteiger partial charge is 0.476 e. The summed E-state index contributed by atoms with van der Waals surface area (Å²) in [4.78, 5) is 20.3. The monoisotopic (exact) mass is 266 g/mol. The number of aromatic carboxylic acids is 1. The fourth-order valence-electron chi connectivity index (χ4n) is 1.38. The van der Waals surface area contributed by atoms with Gasteiger partial charge < -0.3 is 18.9 Å². The number of rotatable bonds is 5. The van der Waals surface area contributed by atoms with Gasteiger partial charge in [0.1, 0.15) is 12.8 Å². The van der Waals surface area contributed by atoms with Crippen LogP contribution in [0.1, 0.15) is 42.0 Å². The van der Waals surface area contributed by atoms with E-state index in [-0.39, 0.29) is 17.6 Å². The van der Waals surface area contributed by atoms with Crippen LogP contribution in [0.25, 0.3) is 0 Å². The fourth-order valence-corrected chi connectivity index (χ4v) is 1.38. The Balaban J connectivity index is 2.06. The molecule has 0 radical (unpaired) electrons. The maximum atomic E-state index is 10.7. The molecule has 0 aliphatic rings. The average molecular weight is 266 g/mol. The van der Waals surface area contributed by atoms with Gasteiger partial charge in [-0.05, 0) is 0 Å². The number of carbonyl (C=O) groups is 1. The first-order chi connectivity index (χ1) is 8.97. The molecular weight excluding hydrogens is 252 g/mol. The number of carboxylic acids is 1. The van der Waals surface area contributed by atoms with Crippen LogP contribution in [0.4, 0.5) is 6.01 Å². The van der Waals surface area contributed by atoms with Crippen LogP contribution in [0.15, 0.2) is 15.2 Å². The van der Waals surface area contributed by atoms with Crippen molar-refractivity contribution in [1.29, 1.82) is 0 Å². The number of hydrogen-bond donors (Lipinski definition) is 1. The Morgan fingerprint density at radius 3 is 2.74 bits per heavy atom. The maximum Gasteiger partial charge on any atom is 0.357 e. The molecule has 0 atom stereocenters. The second kappa shape index (κ2) is 5.09. The summed E-state index contributed by atoms with van der Waals surface area (Å²) in [6, 6.07) is 0.182. The van der Waals surface area contributed by atoms with E-state index >= 15 is 0 Å². The zero-order valence-corrected chi connectivity index (χ0v) is 10.8. The second-order valence-electron chi connectivity index (χ2n) is 4.38. The van der Waals surface area contributed by atoms with Gasteiger partial charge in [-0.1, -0.05) is 19.0 Å². The predicted molar refractivity (Wildman–Crippen MR) is 64.0 cm³/mol. The number of aromatic nitrogens is 3. The fraction of sp³-hybridized carbons (Fsp3) is 0.455. The third kappa shape index (κ3) is 2.90. The highest BCUT2D eigenvalue weighted by atomic mass is 16.5. The van der Waals surface area contributed by atoms with E-state index in [0.717, 1.165) is 6.26 Å². The van der Waals surface area contributed by atoms with Crippen molar-refractivity contribution in [3.63, 3.8) is 0 Å². The average Bonchev–Trinajstić information content (AvgIpc) is 2.96. The van der Waals surface area contributed by atoms with Gasteiger partial charge in [0.05, 0.1) is 0 Å². The molecule has 0 saturated carbocycles. The molecule has 0 amide bonds. The quantitative estimate of drug-likeness (QED) is 0.868. The highest BCUT2D eigenvalue weighted by molar-refractivity contribution is 5.85. The Labute approximate surface area is 109 Å². The Morgan fingerprint density at radius 2 is 2.21 bits per heavy atom. The normalized spacial score (nSPS) is 10.9. The van der Waals surface area contributed by atoms with Crippen LogP contribution in [0, 0.1) is 0 Å². The lowest BCUT2D eigenvalue weighted by Gasteiger charge is -2.10. The number of oxazole rings is 1. The third-order valence-corrected chi connectivity index (χ3v) is 2.41. The molecule has 8 nitrogen and oxygen atoms in total. The van der Waals surface area contributed by atoms with E-state index in [1.165, 1.54) is 0 Å². The molecule has 0 fully saturated rings. The molecule has 0 saturated heterocycles. The topological polar surface area (TPSA) is 105 Å². The maximum absolute atomic E-state index is 10.7. The van der Waals surface area contributed by atoms with E-state index in [2.05, 4.69) is 15.1 Å². The molecule has 102 valence electrons. The van der Waals surface area contributed by atoms with Gasteiger partial charge in [0, 0.05) is 13.0 Å². The first kappa shape index (κ1) is 13.1. The summed E-state index contributed by atoms with van der Waals surface area (Å²) >= 11 is 0. The molecule has 1 N–H and O–H groups in total. The van der Waals surface area contributed by atoms with Crippen molar-refractivity contribution in [3.05, 3.63) is 23.7 Å². The zero-order valence-electron chi connectivity index (χ0n) is 10.8. The molecule has 19 heavy (non-hydrogen) atoms. The summed E-state index contributed by atoms with van der Waals surface area (Å²) in [6.45, 7) is 4.22. The molecule has 0 aliphatic heterocycles. The van der Waals surface area contributed by atoms with Crippen LogP contribution in [0.2, 0.25) is 0 Å². The van der Waals surface area contributed by atoms with E-state index in [1.807, 2.05) is 13.8 Å². The molecule has 2 aromatic heterocycles. The second-order valence-corrected chi connectivity index (χ2v) is 4.38. The smallest absolute Gasteiger partial charge is 0.357 e.